The molecule has 0 amide bonds. The van der Waals surface area contributed by atoms with E-state index in [0.717, 1.165) is 12.8 Å². The number of ether oxygens (including phenoxy) is 1. The van der Waals surface area contributed by atoms with Crippen molar-refractivity contribution >= 4 is 5.78 Å². The van der Waals surface area contributed by atoms with Gasteiger partial charge < -0.3 is 9.26 Å². The highest BCUT2D eigenvalue weighted by Crippen LogP contribution is 2.24. The van der Waals surface area contributed by atoms with Crippen molar-refractivity contribution in [2.24, 2.45) is 0 Å². The van der Waals surface area contributed by atoms with Gasteiger partial charge in [0.1, 0.15) is 11.9 Å². The third-order valence-electron chi connectivity index (χ3n) is 2.86. The maximum absolute atomic E-state index is 11.4. The number of rotatable bonds is 8. The van der Waals surface area contributed by atoms with Crippen molar-refractivity contribution in [1.82, 2.24) is 10.1 Å². The van der Waals surface area contributed by atoms with Crippen LogP contribution in [0.1, 0.15) is 70.7 Å². The van der Waals surface area contributed by atoms with Crippen molar-refractivity contribution in [2.75, 3.05) is 6.61 Å². The lowest BCUT2D eigenvalue weighted by atomic mass is 10.0. The molecule has 5 nitrogen and oxygen atoms in total. The standard InChI is InChI=1S/C13H22N2O3/c1-5-8-11(17-7-3)12-14-13(18-15-12)10(6-2)9(4)16/h10-11H,5-8H2,1-4H3. The lowest BCUT2D eigenvalue weighted by Crippen LogP contribution is -2.09. The van der Waals surface area contributed by atoms with Gasteiger partial charge in [-0.3, -0.25) is 4.79 Å². The van der Waals surface area contributed by atoms with E-state index in [9.17, 15) is 4.79 Å². The SMILES string of the molecule is CCCC(OCC)c1noc(C(CC)C(C)=O)n1. The van der Waals surface area contributed by atoms with Gasteiger partial charge in [-0.1, -0.05) is 25.4 Å². The highest BCUT2D eigenvalue weighted by atomic mass is 16.5. The Kier molecular flexibility index (Phi) is 5.98. The third kappa shape index (κ3) is 3.63. The fourth-order valence-corrected chi connectivity index (χ4v) is 1.91. The summed E-state index contributed by atoms with van der Waals surface area (Å²) in [6.45, 7) is 8.11. The van der Waals surface area contributed by atoms with Gasteiger partial charge in [0.05, 0.1) is 5.92 Å². The lowest BCUT2D eigenvalue weighted by molar-refractivity contribution is -0.119. The first-order valence-corrected chi connectivity index (χ1v) is 6.59. The molecule has 0 radical (unpaired) electrons. The molecule has 0 saturated heterocycles. The molecule has 0 aliphatic rings. The highest BCUT2D eigenvalue weighted by molar-refractivity contribution is 5.82. The van der Waals surface area contributed by atoms with Crippen LogP contribution < -0.4 is 0 Å². The number of aromatic nitrogens is 2. The summed E-state index contributed by atoms with van der Waals surface area (Å²) in [7, 11) is 0. The van der Waals surface area contributed by atoms with Gasteiger partial charge in [-0.25, -0.2) is 0 Å². The Morgan fingerprint density at radius 1 is 1.39 bits per heavy atom. The number of hydrogen-bond donors (Lipinski definition) is 0. The van der Waals surface area contributed by atoms with Gasteiger partial charge in [-0.15, -0.1) is 0 Å². The largest absolute Gasteiger partial charge is 0.370 e. The van der Waals surface area contributed by atoms with E-state index in [2.05, 4.69) is 17.1 Å². The number of Topliss-reactive ketones (excluding diaryl/α,β-unsaturated/α-hetero) is 1. The fourth-order valence-electron chi connectivity index (χ4n) is 1.91. The van der Waals surface area contributed by atoms with Crippen LogP contribution in [0.15, 0.2) is 4.52 Å². The molecule has 18 heavy (non-hydrogen) atoms. The molecule has 1 heterocycles. The van der Waals surface area contributed by atoms with E-state index in [-0.39, 0.29) is 17.8 Å². The summed E-state index contributed by atoms with van der Waals surface area (Å²) in [5.41, 5.74) is 0. The quantitative estimate of drug-likeness (QED) is 0.713. The molecule has 1 aromatic heterocycles. The first-order valence-electron chi connectivity index (χ1n) is 6.59. The first kappa shape index (κ1) is 14.8. The third-order valence-corrected chi connectivity index (χ3v) is 2.86. The molecule has 2 unspecified atom stereocenters. The zero-order chi connectivity index (χ0) is 13.5. The second kappa shape index (κ2) is 7.26. The predicted molar refractivity (Wildman–Crippen MR) is 67.3 cm³/mol. The molecule has 2 atom stereocenters. The van der Waals surface area contributed by atoms with Crippen molar-refractivity contribution < 1.29 is 14.1 Å². The van der Waals surface area contributed by atoms with Gasteiger partial charge in [0, 0.05) is 6.61 Å². The zero-order valence-corrected chi connectivity index (χ0v) is 11.6. The molecule has 0 fully saturated rings. The van der Waals surface area contributed by atoms with Gasteiger partial charge in [-0.2, -0.15) is 4.98 Å². The van der Waals surface area contributed by atoms with E-state index in [1.165, 1.54) is 0 Å². The maximum Gasteiger partial charge on any atom is 0.237 e. The second-order valence-corrected chi connectivity index (χ2v) is 4.29. The number of carbonyl (C=O) groups excluding carboxylic acids is 1. The molecule has 102 valence electrons. The minimum atomic E-state index is -0.296. The van der Waals surface area contributed by atoms with Crippen LogP contribution in [0, 0.1) is 0 Å². The van der Waals surface area contributed by atoms with Gasteiger partial charge >= 0.3 is 0 Å². The molecule has 0 N–H and O–H groups in total. The average molecular weight is 254 g/mol. The van der Waals surface area contributed by atoms with Crippen LogP contribution in [-0.2, 0) is 9.53 Å². The van der Waals surface area contributed by atoms with Crippen molar-refractivity contribution in [1.29, 1.82) is 0 Å². The summed E-state index contributed by atoms with van der Waals surface area (Å²) < 4.78 is 10.8. The molecule has 0 spiro atoms. The number of ketones is 1. The minimum absolute atomic E-state index is 0.0520. The Morgan fingerprint density at radius 3 is 2.61 bits per heavy atom. The number of hydrogen-bond acceptors (Lipinski definition) is 5. The van der Waals surface area contributed by atoms with E-state index in [0.29, 0.717) is 24.7 Å². The van der Waals surface area contributed by atoms with E-state index in [1.807, 2.05) is 13.8 Å². The van der Waals surface area contributed by atoms with Crippen LogP contribution in [0.5, 0.6) is 0 Å². The Balaban J connectivity index is 2.85. The second-order valence-electron chi connectivity index (χ2n) is 4.29. The van der Waals surface area contributed by atoms with E-state index in [1.54, 1.807) is 6.92 Å². The topological polar surface area (TPSA) is 65.2 Å². The normalized spacial score (nSPS) is 14.4. The Bertz CT molecular complexity index is 370. The van der Waals surface area contributed by atoms with Crippen molar-refractivity contribution in [3.05, 3.63) is 11.7 Å². The minimum Gasteiger partial charge on any atom is -0.370 e. The average Bonchev–Trinajstić information content (AvgIpc) is 2.78. The van der Waals surface area contributed by atoms with Gasteiger partial charge in [0.25, 0.3) is 0 Å². The zero-order valence-electron chi connectivity index (χ0n) is 11.6. The van der Waals surface area contributed by atoms with Crippen molar-refractivity contribution in [2.45, 2.75) is 59.0 Å². The van der Waals surface area contributed by atoms with E-state index in [4.69, 9.17) is 9.26 Å². The number of carbonyl (C=O) groups is 1. The van der Waals surface area contributed by atoms with Gasteiger partial charge in [0.2, 0.25) is 11.7 Å². The Labute approximate surface area is 108 Å². The van der Waals surface area contributed by atoms with Crippen LogP contribution in [0.4, 0.5) is 0 Å². The van der Waals surface area contributed by atoms with Crippen molar-refractivity contribution in [3.63, 3.8) is 0 Å². The highest BCUT2D eigenvalue weighted by Gasteiger charge is 2.24. The summed E-state index contributed by atoms with van der Waals surface area (Å²) >= 11 is 0. The molecule has 1 rings (SSSR count). The molecule has 1 aromatic rings. The summed E-state index contributed by atoms with van der Waals surface area (Å²) in [6.07, 6.45) is 2.37. The fraction of sp³-hybridized carbons (Fsp3) is 0.769. The molecule has 0 aliphatic heterocycles. The van der Waals surface area contributed by atoms with Gasteiger partial charge in [-0.05, 0) is 26.7 Å². The molecular formula is C13H22N2O3. The van der Waals surface area contributed by atoms with Crippen LogP contribution >= 0.6 is 0 Å². The molecular weight excluding hydrogens is 232 g/mol. The molecule has 0 aliphatic carbocycles. The summed E-state index contributed by atoms with van der Waals surface area (Å²) in [5.74, 6) is 0.709. The van der Waals surface area contributed by atoms with Crippen LogP contribution in [0.2, 0.25) is 0 Å². The Hall–Kier alpha value is -1.23. The number of nitrogens with zero attached hydrogens (tertiary/aromatic N) is 2. The molecule has 0 saturated carbocycles. The van der Waals surface area contributed by atoms with E-state index < -0.39 is 0 Å². The molecule has 5 heteroatoms. The first-order chi connectivity index (χ1) is 8.63. The summed E-state index contributed by atoms with van der Waals surface area (Å²) in [6, 6.07) is 0. The van der Waals surface area contributed by atoms with Crippen LogP contribution in [0.25, 0.3) is 0 Å². The van der Waals surface area contributed by atoms with E-state index >= 15 is 0 Å². The smallest absolute Gasteiger partial charge is 0.237 e. The van der Waals surface area contributed by atoms with Crippen LogP contribution in [0.3, 0.4) is 0 Å². The van der Waals surface area contributed by atoms with Crippen molar-refractivity contribution in [3.8, 4) is 0 Å². The predicted octanol–water partition coefficient (Wildman–Crippen LogP) is 3.03. The lowest BCUT2D eigenvalue weighted by Gasteiger charge is -2.11. The maximum atomic E-state index is 11.4. The monoisotopic (exact) mass is 254 g/mol. The molecule has 0 bridgehead atoms. The Morgan fingerprint density at radius 2 is 2.11 bits per heavy atom. The summed E-state index contributed by atoms with van der Waals surface area (Å²) in [4.78, 5) is 15.8. The molecule has 0 aromatic carbocycles. The summed E-state index contributed by atoms with van der Waals surface area (Å²) in [5, 5.41) is 3.94. The van der Waals surface area contributed by atoms with Gasteiger partial charge in [0.15, 0.2) is 0 Å². The van der Waals surface area contributed by atoms with Crippen LogP contribution in [-0.4, -0.2) is 22.5 Å².